The van der Waals surface area contributed by atoms with E-state index >= 15 is 0 Å². The summed E-state index contributed by atoms with van der Waals surface area (Å²) in [6.45, 7) is 3.76. The van der Waals surface area contributed by atoms with Crippen molar-refractivity contribution in [3.05, 3.63) is 64.2 Å². The Kier molecular flexibility index (Phi) is 6.32. The maximum absolute atomic E-state index is 12.2. The number of hydrogen-bond acceptors (Lipinski definition) is 5. The second kappa shape index (κ2) is 8.66. The highest BCUT2D eigenvalue weighted by atomic mass is 16.6. The highest BCUT2D eigenvalue weighted by molar-refractivity contribution is 6.03. The molecule has 0 aliphatic carbocycles. The van der Waals surface area contributed by atoms with Crippen molar-refractivity contribution in [1.29, 1.82) is 0 Å². The van der Waals surface area contributed by atoms with Gasteiger partial charge in [-0.1, -0.05) is 12.1 Å². The number of anilines is 1. The minimum atomic E-state index is -0.492. The summed E-state index contributed by atoms with van der Waals surface area (Å²) in [6.07, 6.45) is 2.57. The van der Waals surface area contributed by atoms with Crippen molar-refractivity contribution in [2.75, 3.05) is 12.4 Å². The van der Waals surface area contributed by atoms with Crippen LogP contribution in [0.1, 0.15) is 19.4 Å². The van der Waals surface area contributed by atoms with Gasteiger partial charge in [-0.25, -0.2) is 0 Å². The molecule has 1 N–H and O–H groups in total. The first-order chi connectivity index (χ1) is 12.4. The Morgan fingerprint density at radius 1 is 1.23 bits per heavy atom. The third-order valence-electron chi connectivity index (χ3n) is 3.35. The smallest absolute Gasteiger partial charge is 0.276 e. The maximum Gasteiger partial charge on any atom is 0.276 e. The van der Waals surface area contributed by atoms with Gasteiger partial charge < -0.3 is 14.8 Å². The fourth-order valence-corrected chi connectivity index (χ4v) is 2.23. The molecule has 0 aliphatic rings. The molecular weight excluding hydrogens is 336 g/mol. The van der Waals surface area contributed by atoms with E-state index in [1.165, 1.54) is 25.3 Å². The monoisotopic (exact) mass is 356 g/mol. The minimum absolute atomic E-state index is 0.0678. The zero-order valence-corrected chi connectivity index (χ0v) is 14.8. The summed E-state index contributed by atoms with van der Waals surface area (Å²) in [4.78, 5) is 22.8. The molecule has 136 valence electrons. The lowest BCUT2D eigenvalue weighted by molar-refractivity contribution is -0.385. The van der Waals surface area contributed by atoms with Crippen LogP contribution in [0.4, 0.5) is 11.4 Å². The predicted octanol–water partition coefficient (Wildman–Crippen LogP) is 4.04. The predicted molar refractivity (Wildman–Crippen MR) is 99.5 cm³/mol. The Labute approximate surface area is 151 Å². The molecule has 0 saturated heterocycles. The molecule has 7 heteroatoms. The summed E-state index contributed by atoms with van der Waals surface area (Å²) in [5, 5.41) is 13.7. The zero-order valence-electron chi connectivity index (χ0n) is 14.8. The van der Waals surface area contributed by atoms with Crippen molar-refractivity contribution in [2.24, 2.45) is 0 Å². The number of para-hydroxylation sites is 1. The largest absolute Gasteiger partial charge is 0.497 e. The van der Waals surface area contributed by atoms with Crippen molar-refractivity contribution in [3.63, 3.8) is 0 Å². The van der Waals surface area contributed by atoms with Crippen molar-refractivity contribution in [3.8, 4) is 11.5 Å². The van der Waals surface area contributed by atoms with Crippen molar-refractivity contribution >= 4 is 23.4 Å². The van der Waals surface area contributed by atoms with Crippen LogP contribution >= 0.6 is 0 Å². The Bertz CT molecular complexity index is 830. The van der Waals surface area contributed by atoms with Crippen LogP contribution in [0.5, 0.6) is 11.5 Å². The van der Waals surface area contributed by atoms with Gasteiger partial charge in [0.05, 0.1) is 29.4 Å². The van der Waals surface area contributed by atoms with Gasteiger partial charge in [0, 0.05) is 18.2 Å². The van der Waals surface area contributed by atoms with Gasteiger partial charge in [-0.2, -0.15) is 0 Å². The molecule has 0 fully saturated rings. The first-order valence-corrected chi connectivity index (χ1v) is 7.98. The average Bonchev–Trinajstić information content (AvgIpc) is 2.61. The van der Waals surface area contributed by atoms with Crippen LogP contribution in [0.25, 0.3) is 6.08 Å². The van der Waals surface area contributed by atoms with Crippen LogP contribution in [0, 0.1) is 10.1 Å². The van der Waals surface area contributed by atoms with Gasteiger partial charge in [-0.3, -0.25) is 14.9 Å². The zero-order chi connectivity index (χ0) is 19.1. The van der Waals surface area contributed by atoms with E-state index in [2.05, 4.69) is 5.32 Å². The van der Waals surface area contributed by atoms with E-state index in [4.69, 9.17) is 9.47 Å². The van der Waals surface area contributed by atoms with E-state index in [0.717, 1.165) is 0 Å². The number of methoxy groups -OCH3 is 1. The number of amides is 1. The third-order valence-corrected chi connectivity index (χ3v) is 3.35. The van der Waals surface area contributed by atoms with Crippen LogP contribution < -0.4 is 14.8 Å². The Hall–Kier alpha value is -3.35. The summed E-state index contributed by atoms with van der Waals surface area (Å²) in [5.41, 5.74) is 0.731. The number of nitro groups is 1. The number of nitrogens with one attached hydrogen (secondary N) is 1. The van der Waals surface area contributed by atoms with Crippen LogP contribution in [0.3, 0.4) is 0 Å². The molecule has 0 unspecified atom stereocenters. The molecule has 0 radical (unpaired) electrons. The van der Waals surface area contributed by atoms with Gasteiger partial charge in [0.1, 0.15) is 11.5 Å². The highest BCUT2D eigenvalue weighted by Gasteiger charge is 2.12. The van der Waals surface area contributed by atoms with Crippen molar-refractivity contribution < 1.29 is 19.2 Å². The Morgan fingerprint density at radius 2 is 1.96 bits per heavy atom. The topological polar surface area (TPSA) is 90.7 Å². The molecular formula is C19H20N2O5. The van der Waals surface area contributed by atoms with Gasteiger partial charge in [0.25, 0.3) is 5.69 Å². The molecule has 2 aromatic carbocycles. The van der Waals surface area contributed by atoms with Gasteiger partial charge in [-0.15, -0.1) is 0 Å². The first kappa shape index (κ1) is 19.0. The number of ether oxygens (including phenoxy) is 2. The van der Waals surface area contributed by atoms with Crippen LogP contribution in [-0.4, -0.2) is 24.0 Å². The SMILES string of the molecule is COc1ccc(OC(C)C)c(NC(=O)/C=C/c2ccccc2[N+](=O)[O-])c1. The molecule has 2 aromatic rings. The Balaban J connectivity index is 2.21. The molecule has 0 aromatic heterocycles. The fourth-order valence-electron chi connectivity index (χ4n) is 2.23. The van der Waals surface area contributed by atoms with Crippen LogP contribution in [-0.2, 0) is 4.79 Å². The second-order valence-corrected chi connectivity index (χ2v) is 5.67. The van der Waals surface area contributed by atoms with E-state index in [-0.39, 0.29) is 11.8 Å². The maximum atomic E-state index is 12.2. The molecule has 0 saturated carbocycles. The molecule has 26 heavy (non-hydrogen) atoms. The molecule has 1 amide bonds. The Morgan fingerprint density at radius 3 is 2.62 bits per heavy atom. The number of nitrogens with zero attached hydrogens (tertiary/aromatic N) is 1. The van der Waals surface area contributed by atoms with Crippen molar-refractivity contribution in [2.45, 2.75) is 20.0 Å². The number of hydrogen-bond donors (Lipinski definition) is 1. The summed E-state index contributed by atoms with van der Waals surface area (Å²) in [6, 6.07) is 11.3. The number of carbonyl (C=O) groups is 1. The second-order valence-electron chi connectivity index (χ2n) is 5.67. The van der Waals surface area contributed by atoms with Gasteiger partial charge in [0.2, 0.25) is 5.91 Å². The molecule has 0 aliphatic heterocycles. The molecule has 0 bridgehead atoms. The summed E-state index contributed by atoms with van der Waals surface area (Å²) >= 11 is 0. The standard InChI is InChI=1S/C19H20N2O5/c1-13(2)26-18-10-9-15(25-3)12-16(18)20-19(22)11-8-14-6-4-5-7-17(14)21(23)24/h4-13H,1-3H3,(H,20,22)/b11-8+. The van der Waals surface area contributed by atoms with E-state index in [0.29, 0.717) is 22.7 Å². The summed E-state index contributed by atoms with van der Waals surface area (Å²) in [5.74, 6) is 0.636. The molecule has 0 atom stereocenters. The number of benzene rings is 2. The third kappa shape index (κ3) is 5.07. The number of nitro benzene ring substituents is 1. The molecule has 0 heterocycles. The molecule has 2 rings (SSSR count). The summed E-state index contributed by atoms with van der Waals surface area (Å²) < 4.78 is 10.8. The van der Waals surface area contributed by atoms with Crippen molar-refractivity contribution in [1.82, 2.24) is 0 Å². The highest BCUT2D eigenvalue weighted by Crippen LogP contribution is 2.30. The van der Waals surface area contributed by atoms with E-state index < -0.39 is 10.8 Å². The fraction of sp³-hybridized carbons (Fsp3) is 0.211. The normalized spacial score (nSPS) is 10.8. The molecule has 7 nitrogen and oxygen atoms in total. The number of carbonyl (C=O) groups excluding carboxylic acids is 1. The lowest BCUT2D eigenvalue weighted by atomic mass is 10.1. The van der Waals surface area contributed by atoms with Gasteiger partial charge in [0.15, 0.2) is 0 Å². The number of rotatable bonds is 7. The lowest BCUT2D eigenvalue weighted by Gasteiger charge is -2.15. The average molecular weight is 356 g/mol. The lowest BCUT2D eigenvalue weighted by Crippen LogP contribution is -2.12. The van der Waals surface area contributed by atoms with Crippen LogP contribution in [0.15, 0.2) is 48.5 Å². The quantitative estimate of drug-likeness (QED) is 0.459. The minimum Gasteiger partial charge on any atom is -0.497 e. The van der Waals surface area contributed by atoms with E-state index in [9.17, 15) is 14.9 Å². The van der Waals surface area contributed by atoms with E-state index in [1.54, 1.807) is 36.4 Å². The van der Waals surface area contributed by atoms with Gasteiger partial charge >= 0.3 is 0 Å². The van der Waals surface area contributed by atoms with Crippen LogP contribution in [0.2, 0.25) is 0 Å². The van der Waals surface area contributed by atoms with Gasteiger partial charge in [-0.05, 0) is 38.1 Å². The summed E-state index contributed by atoms with van der Waals surface area (Å²) in [7, 11) is 1.53. The van der Waals surface area contributed by atoms with E-state index in [1.807, 2.05) is 13.8 Å². The molecule has 0 spiro atoms. The first-order valence-electron chi connectivity index (χ1n) is 7.98.